The molecular weight excluding hydrogens is 668 g/mol. The van der Waals surface area contributed by atoms with Crippen LogP contribution in [-0.2, 0) is 36.8 Å². The van der Waals surface area contributed by atoms with Crippen LogP contribution in [0.4, 0.5) is 5.69 Å². The Bertz CT molecular complexity index is 1640. The van der Waals surface area contributed by atoms with Crippen molar-refractivity contribution in [1.29, 1.82) is 0 Å². The molecule has 0 radical (unpaired) electrons. The predicted octanol–water partition coefficient (Wildman–Crippen LogP) is 4.23. The van der Waals surface area contributed by atoms with Gasteiger partial charge in [-0.2, -0.15) is 0 Å². The number of nitrogens with zero attached hydrogens (tertiary/aromatic N) is 1. The number of carbonyl (C=O) groups excluding carboxylic acids is 3. The fourth-order valence-electron chi connectivity index (χ4n) is 6.61. The lowest BCUT2D eigenvalue weighted by atomic mass is 9.94. The first-order valence-corrected chi connectivity index (χ1v) is 18.1. The number of carbonyl (C=O) groups is 3. The topological polar surface area (TPSA) is 164 Å². The van der Waals surface area contributed by atoms with Gasteiger partial charge in [0.15, 0.2) is 6.10 Å². The molecule has 52 heavy (non-hydrogen) atoms. The highest BCUT2D eigenvalue weighted by Crippen LogP contribution is 2.33. The normalized spacial score (nSPS) is 22.4. The van der Waals surface area contributed by atoms with Crippen molar-refractivity contribution < 1.29 is 48.7 Å². The quantitative estimate of drug-likeness (QED) is 0.177. The molecule has 3 aromatic carbocycles. The number of aliphatic hydroxyl groups is 3. The van der Waals surface area contributed by atoms with Crippen LogP contribution in [0.2, 0.25) is 0 Å². The molecule has 2 heterocycles. The number of rotatable bonds is 14. The Hall–Kier alpha value is -4.49. The highest BCUT2D eigenvalue weighted by Gasteiger charge is 2.49. The molecule has 280 valence electrons. The van der Waals surface area contributed by atoms with Gasteiger partial charge in [-0.25, -0.2) is 9.59 Å². The number of aliphatic hydroxyl groups excluding tert-OH is 3. The van der Waals surface area contributed by atoms with Crippen LogP contribution in [0.5, 0.6) is 5.75 Å². The summed E-state index contributed by atoms with van der Waals surface area (Å²) in [4.78, 5) is 42.1. The monoisotopic (exact) mass is 718 g/mol. The third-order valence-electron chi connectivity index (χ3n) is 9.23. The van der Waals surface area contributed by atoms with Gasteiger partial charge in [0.25, 0.3) is 0 Å². The molecule has 1 amide bonds. The minimum atomic E-state index is -1.88. The maximum Gasteiger partial charge on any atom is 0.344 e. The number of esters is 2. The standard InChI is InChI=1S/C40H50N2O10/c1-4-49-32-22-27(23-33(43)41-30(21-25(2)3)28-15-9-10-16-31(28)42-19-11-6-12-20-42)17-18-29(32)38(47)52-40-36(46)34(44)35(45)37(51-40)39(48)50-24-26-13-7-5-8-14-26/h5,7-10,13-18,22,25,30,34-37,40,44-46H,4,6,11-12,19-21,23-24H2,1-3H3,(H,41,43)/t30-,34-,35-,36-,37+,40-/m0/s1. The van der Waals surface area contributed by atoms with E-state index < -0.39 is 42.6 Å². The Labute approximate surface area is 304 Å². The number of piperidine rings is 1. The largest absolute Gasteiger partial charge is 0.493 e. The molecule has 0 bridgehead atoms. The van der Waals surface area contributed by atoms with E-state index in [1.54, 1.807) is 49.4 Å². The molecule has 5 rings (SSSR count). The first-order valence-electron chi connectivity index (χ1n) is 18.1. The molecule has 4 N–H and O–H groups in total. The van der Waals surface area contributed by atoms with Gasteiger partial charge in [-0.3, -0.25) is 4.79 Å². The summed E-state index contributed by atoms with van der Waals surface area (Å²) in [5.41, 5.74) is 3.50. The van der Waals surface area contributed by atoms with Gasteiger partial charge in [0.05, 0.1) is 19.1 Å². The Morgan fingerprint density at radius 2 is 1.60 bits per heavy atom. The molecule has 2 saturated heterocycles. The van der Waals surface area contributed by atoms with E-state index in [-0.39, 0.29) is 42.9 Å². The second-order valence-electron chi connectivity index (χ2n) is 13.7. The number of nitrogens with one attached hydrogen (secondary N) is 1. The van der Waals surface area contributed by atoms with Crippen LogP contribution in [0.1, 0.15) is 79.5 Å². The Morgan fingerprint density at radius 3 is 2.31 bits per heavy atom. The summed E-state index contributed by atoms with van der Waals surface area (Å²) < 4.78 is 21.9. The minimum Gasteiger partial charge on any atom is -0.493 e. The fourth-order valence-corrected chi connectivity index (χ4v) is 6.61. The zero-order chi connectivity index (χ0) is 37.2. The van der Waals surface area contributed by atoms with Crippen molar-refractivity contribution in [2.24, 2.45) is 5.92 Å². The van der Waals surface area contributed by atoms with Gasteiger partial charge in [0.2, 0.25) is 12.2 Å². The average Bonchev–Trinajstić information content (AvgIpc) is 3.14. The van der Waals surface area contributed by atoms with E-state index >= 15 is 0 Å². The lowest BCUT2D eigenvalue weighted by Crippen LogP contribution is -2.60. The van der Waals surface area contributed by atoms with Gasteiger partial charge in [-0.1, -0.05) is 68.4 Å². The molecule has 12 heteroatoms. The average molecular weight is 719 g/mol. The van der Waals surface area contributed by atoms with Crippen molar-refractivity contribution >= 4 is 23.5 Å². The van der Waals surface area contributed by atoms with Crippen molar-refractivity contribution in [1.82, 2.24) is 5.32 Å². The van der Waals surface area contributed by atoms with E-state index in [1.807, 2.05) is 12.1 Å². The number of para-hydroxylation sites is 1. The van der Waals surface area contributed by atoms with E-state index in [0.29, 0.717) is 17.0 Å². The van der Waals surface area contributed by atoms with E-state index in [9.17, 15) is 29.7 Å². The van der Waals surface area contributed by atoms with Crippen LogP contribution in [0.3, 0.4) is 0 Å². The van der Waals surface area contributed by atoms with Gasteiger partial charge in [-0.05, 0) is 73.4 Å². The van der Waals surface area contributed by atoms with Gasteiger partial charge in [0.1, 0.15) is 36.2 Å². The fraction of sp³-hybridized carbons (Fsp3) is 0.475. The number of ether oxygens (including phenoxy) is 4. The smallest absolute Gasteiger partial charge is 0.344 e. The van der Waals surface area contributed by atoms with Crippen molar-refractivity contribution in [2.45, 2.75) is 96.2 Å². The first-order chi connectivity index (χ1) is 25.0. The molecule has 3 aromatic rings. The molecule has 2 fully saturated rings. The summed E-state index contributed by atoms with van der Waals surface area (Å²) in [6, 6.07) is 21.5. The molecule has 0 unspecified atom stereocenters. The number of benzene rings is 3. The number of hydrogen-bond acceptors (Lipinski definition) is 11. The molecule has 0 spiro atoms. The predicted molar refractivity (Wildman–Crippen MR) is 192 cm³/mol. The third kappa shape index (κ3) is 9.88. The zero-order valence-electron chi connectivity index (χ0n) is 30.0. The van der Waals surface area contributed by atoms with Gasteiger partial charge in [0, 0.05) is 18.8 Å². The highest BCUT2D eigenvalue weighted by molar-refractivity contribution is 5.93. The van der Waals surface area contributed by atoms with E-state index in [0.717, 1.165) is 43.6 Å². The van der Waals surface area contributed by atoms with Crippen LogP contribution in [-0.4, -0.2) is 83.6 Å². The lowest BCUT2D eigenvalue weighted by Gasteiger charge is -2.38. The Kier molecular flexibility index (Phi) is 13.6. The number of amides is 1. The van der Waals surface area contributed by atoms with E-state index in [2.05, 4.69) is 36.2 Å². The van der Waals surface area contributed by atoms with Crippen LogP contribution >= 0.6 is 0 Å². The molecule has 0 aliphatic carbocycles. The molecule has 12 nitrogen and oxygen atoms in total. The maximum absolute atomic E-state index is 13.5. The first kappa shape index (κ1) is 38.7. The summed E-state index contributed by atoms with van der Waals surface area (Å²) in [7, 11) is 0. The maximum atomic E-state index is 13.5. The third-order valence-corrected chi connectivity index (χ3v) is 9.23. The van der Waals surface area contributed by atoms with E-state index in [4.69, 9.17) is 18.9 Å². The molecular formula is C40H50N2O10. The summed E-state index contributed by atoms with van der Waals surface area (Å²) in [6.45, 7) is 8.06. The van der Waals surface area contributed by atoms with Crippen molar-refractivity contribution in [3.05, 3.63) is 95.1 Å². The Balaban J connectivity index is 1.26. The zero-order valence-corrected chi connectivity index (χ0v) is 30.0. The second-order valence-corrected chi connectivity index (χ2v) is 13.7. The SMILES string of the molecule is CCOc1cc(CC(=O)N[C@@H](CC(C)C)c2ccccc2N2CCCCC2)ccc1C(=O)O[C@@H]1O[C@@H](C(=O)OCc2ccccc2)[C@@H](O)[C@H](O)[C@@H]1O. The minimum absolute atomic E-state index is 0.0250. The second kappa shape index (κ2) is 18.3. The van der Waals surface area contributed by atoms with Crippen molar-refractivity contribution in [2.75, 3.05) is 24.6 Å². The molecule has 0 aromatic heterocycles. The van der Waals surface area contributed by atoms with Crippen LogP contribution < -0.4 is 15.0 Å². The van der Waals surface area contributed by atoms with Gasteiger partial charge < -0.3 is 44.5 Å². The summed E-state index contributed by atoms with van der Waals surface area (Å²) in [5.74, 6) is -1.70. The van der Waals surface area contributed by atoms with Crippen LogP contribution in [0.25, 0.3) is 0 Å². The van der Waals surface area contributed by atoms with Gasteiger partial charge in [-0.15, -0.1) is 0 Å². The number of anilines is 1. The van der Waals surface area contributed by atoms with Crippen LogP contribution in [0.15, 0.2) is 72.8 Å². The Morgan fingerprint density at radius 1 is 0.885 bits per heavy atom. The van der Waals surface area contributed by atoms with Crippen LogP contribution in [0, 0.1) is 5.92 Å². The molecule has 0 saturated carbocycles. The van der Waals surface area contributed by atoms with Gasteiger partial charge >= 0.3 is 11.9 Å². The highest BCUT2D eigenvalue weighted by atomic mass is 16.7. The molecule has 2 aliphatic heterocycles. The van der Waals surface area contributed by atoms with Crippen molar-refractivity contribution in [3.8, 4) is 5.75 Å². The molecule has 2 aliphatic rings. The number of hydrogen-bond donors (Lipinski definition) is 4. The summed E-state index contributed by atoms with van der Waals surface area (Å²) in [6.07, 6.45) is -4.83. The lowest BCUT2D eigenvalue weighted by molar-refractivity contribution is -0.280. The van der Waals surface area contributed by atoms with Crippen molar-refractivity contribution in [3.63, 3.8) is 0 Å². The summed E-state index contributed by atoms with van der Waals surface area (Å²) in [5, 5.41) is 34.8. The molecule has 6 atom stereocenters. The summed E-state index contributed by atoms with van der Waals surface area (Å²) >= 11 is 0. The van der Waals surface area contributed by atoms with E-state index in [1.165, 1.54) is 12.5 Å².